The van der Waals surface area contributed by atoms with E-state index in [0.29, 0.717) is 36.8 Å². The van der Waals surface area contributed by atoms with Crippen molar-refractivity contribution in [3.8, 4) is 0 Å². The number of thiophene rings is 1. The predicted molar refractivity (Wildman–Crippen MR) is 104 cm³/mol. The second-order valence-electron chi connectivity index (χ2n) is 7.23. The number of halogens is 1. The van der Waals surface area contributed by atoms with Crippen molar-refractivity contribution in [1.29, 1.82) is 0 Å². The average molecular weight is 410 g/mol. The zero-order valence-electron chi connectivity index (χ0n) is 14.9. The van der Waals surface area contributed by atoms with E-state index in [9.17, 15) is 13.2 Å². The number of rotatable bonds is 6. The Kier molecular flexibility index (Phi) is 7.89. The molecule has 2 rings (SSSR count). The Balaban J connectivity index is 0.00000312. The molecule has 25 heavy (non-hydrogen) atoms. The van der Waals surface area contributed by atoms with Gasteiger partial charge >= 0.3 is 0 Å². The van der Waals surface area contributed by atoms with Gasteiger partial charge in [0.1, 0.15) is 4.21 Å². The van der Waals surface area contributed by atoms with Crippen LogP contribution in [0.1, 0.15) is 32.1 Å². The summed E-state index contributed by atoms with van der Waals surface area (Å²) in [6, 6.07) is 3.49. The predicted octanol–water partition coefficient (Wildman–Crippen LogP) is 1.84. The number of nitrogens with one attached hydrogen (secondary N) is 1. The maximum absolute atomic E-state index is 12.6. The van der Waals surface area contributed by atoms with Crippen LogP contribution < -0.4 is 11.1 Å². The number of sulfonamides is 1. The number of nitrogens with zero attached hydrogens (tertiary/aromatic N) is 1. The van der Waals surface area contributed by atoms with Gasteiger partial charge in [0.2, 0.25) is 5.91 Å². The highest BCUT2D eigenvalue weighted by Gasteiger charge is 2.32. The standard InChI is InChI=1S/C16H27N3O3S2.ClH/c1-16(2,3)15(20)18-8-6-13-4-5-14(23-13)24(21,22)19-9-7-12(10-17)11-19;/h4-5,12H,6-11,17H2,1-3H3,(H,18,20);1H. The Hall–Kier alpha value is -0.670. The summed E-state index contributed by atoms with van der Waals surface area (Å²) in [7, 11) is -3.42. The Morgan fingerprint density at radius 2 is 2.08 bits per heavy atom. The molecule has 0 radical (unpaired) electrons. The second kappa shape index (κ2) is 8.81. The molecule has 0 spiro atoms. The molecule has 1 aromatic rings. The number of hydrogen-bond donors (Lipinski definition) is 2. The fourth-order valence-electron chi connectivity index (χ4n) is 2.53. The molecule has 2 heterocycles. The van der Waals surface area contributed by atoms with Crippen molar-refractivity contribution in [3.63, 3.8) is 0 Å². The van der Waals surface area contributed by atoms with Crippen LogP contribution in [0.5, 0.6) is 0 Å². The van der Waals surface area contributed by atoms with Crippen LogP contribution in [0, 0.1) is 11.3 Å². The molecule has 1 unspecified atom stereocenters. The Morgan fingerprint density at radius 3 is 2.64 bits per heavy atom. The van der Waals surface area contributed by atoms with Gasteiger partial charge in [0.25, 0.3) is 10.0 Å². The Labute approximate surface area is 160 Å². The van der Waals surface area contributed by atoms with Gasteiger partial charge in [-0.2, -0.15) is 4.31 Å². The molecule has 1 aliphatic heterocycles. The lowest BCUT2D eigenvalue weighted by Gasteiger charge is -2.17. The van der Waals surface area contributed by atoms with Gasteiger partial charge in [0.15, 0.2) is 0 Å². The molecule has 1 atom stereocenters. The summed E-state index contributed by atoms with van der Waals surface area (Å²) < 4.78 is 27.2. The lowest BCUT2D eigenvalue weighted by molar-refractivity contribution is -0.128. The smallest absolute Gasteiger partial charge is 0.252 e. The van der Waals surface area contributed by atoms with Crippen LogP contribution in [0.3, 0.4) is 0 Å². The second-order valence-corrected chi connectivity index (χ2v) is 10.6. The van der Waals surface area contributed by atoms with Gasteiger partial charge in [0, 0.05) is 29.9 Å². The molecule has 9 heteroatoms. The van der Waals surface area contributed by atoms with Crippen LogP contribution in [0.2, 0.25) is 0 Å². The van der Waals surface area contributed by atoms with Crippen molar-refractivity contribution in [1.82, 2.24) is 9.62 Å². The Bertz CT molecular complexity index is 683. The molecule has 1 aliphatic rings. The minimum Gasteiger partial charge on any atom is -0.355 e. The summed E-state index contributed by atoms with van der Waals surface area (Å²) in [6.07, 6.45) is 1.46. The number of carbonyl (C=O) groups excluding carboxylic acids is 1. The van der Waals surface area contributed by atoms with Gasteiger partial charge < -0.3 is 11.1 Å². The maximum atomic E-state index is 12.6. The van der Waals surface area contributed by atoms with Crippen LogP contribution in [-0.4, -0.2) is 44.8 Å². The van der Waals surface area contributed by atoms with E-state index < -0.39 is 15.4 Å². The molecule has 0 saturated carbocycles. The highest BCUT2D eigenvalue weighted by molar-refractivity contribution is 7.91. The zero-order valence-corrected chi connectivity index (χ0v) is 17.4. The van der Waals surface area contributed by atoms with Gasteiger partial charge in [-0.05, 0) is 37.4 Å². The summed E-state index contributed by atoms with van der Waals surface area (Å²) in [6.45, 7) is 7.67. The summed E-state index contributed by atoms with van der Waals surface area (Å²) >= 11 is 1.28. The molecule has 0 aromatic carbocycles. The molecule has 1 aromatic heterocycles. The number of nitrogens with two attached hydrogens (primary N) is 1. The highest BCUT2D eigenvalue weighted by Crippen LogP contribution is 2.29. The summed E-state index contributed by atoms with van der Waals surface area (Å²) in [5, 5.41) is 2.88. The summed E-state index contributed by atoms with van der Waals surface area (Å²) in [5.74, 6) is 0.253. The molecule has 1 amide bonds. The normalized spacial score (nSPS) is 18.8. The van der Waals surface area contributed by atoms with E-state index >= 15 is 0 Å². The lowest BCUT2D eigenvalue weighted by Crippen LogP contribution is -2.35. The van der Waals surface area contributed by atoms with E-state index in [0.717, 1.165) is 11.3 Å². The molecular weight excluding hydrogens is 382 g/mol. The molecule has 144 valence electrons. The van der Waals surface area contributed by atoms with E-state index in [1.54, 1.807) is 6.07 Å². The highest BCUT2D eigenvalue weighted by atomic mass is 35.5. The quantitative estimate of drug-likeness (QED) is 0.749. The molecule has 0 bridgehead atoms. The summed E-state index contributed by atoms with van der Waals surface area (Å²) in [4.78, 5) is 12.8. The van der Waals surface area contributed by atoms with Crippen LogP contribution in [0.4, 0.5) is 0 Å². The molecule has 3 N–H and O–H groups in total. The van der Waals surface area contributed by atoms with E-state index in [2.05, 4.69) is 5.32 Å². The van der Waals surface area contributed by atoms with Gasteiger partial charge in [-0.3, -0.25) is 4.79 Å². The van der Waals surface area contributed by atoms with Crippen LogP contribution >= 0.6 is 23.7 Å². The average Bonchev–Trinajstić information content (AvgIpc) is 3.15. The van der Waals surface area contributed by atoms with Gasteiger partial charge in [-0.25, -0.2) is 8.42 Å². The van der Waals surface area contributed by atoms with Crippen molar-refractivity contribution in [2.24, 2.45) is 17.1 Å². The third-order valence-electron chi connectivity index (χ3n) is 4.15. The molecule has 6 nitrogen and oxygen atoms in total. The first-order chi connectivity index (χ1) is 11.1. The topological polar surface area (TPSA) is 92.5 Å². The Morgan fingerprint density at radius 1 is 1.40 bits per heavy atom. The van der Waals surface area contributed by atoms with Crippen molar-refractivity contribution in [2.75, 3.05) is 26.2 Å². The van der Waals surface area contributed by atoms with Gasteiger partial charge in [0.05, 0.1) is 0 Å². The minimum absolute atomic E-state index is 0. The van der Waals surface area contributed by atoms with Gasteiger partial charge in [-0.1, -0.05) is 20.8 Å². The van der Waals surface area contributed by atoms with Gasteiger partial charge in [-0.15, -0.1) is 23.7 Å². The maximum Gasteiger partial charge on any atom is 0.252 e. The largest absolute Gasteiger partial charge is 0.355 e. The number of amides is 1. The van der Waals surface area contributed by atoms with E-state index in [1.165, 1.54) is 15.6 Å². The van der Waals surface area contributed by atoms with Crippen LogP contribution in [0.25, 0.3) is 0 Å². The molecular formula is C16H28ClN3O3S2. The first-order valence-corrected chi connectivity index (χ1v) is 10.5. The fourth-order valence-corrected chi connectivity index (χ4v) is 5.57. The van der Waals surface area contributed by atoms with Crippen LogP contribution in [-0.2, 0) is 21.2 Å². The van der Waals surface area contributed by atoms with Crippen molar-refractivity contribution in [3.05, 3.63) is 17.0 Å². The monoisotopic (exact) mass is 409 g/mol. The minimum atomic E-state index is -3.42. The van der Waals surface area contributed by atoms with Crippen molar-refractivity contribution in [2.45, 2.75) is 37.8 Å². The lowest BCUT2D eigenvalue weighted by atomic mass is 9.96. The summed E-state index contributed by atoms with van der Waals surface area (Å²) in [5.41, 5.74) is 5.22. The zero-order chi connectivity index (χ0) is 18.0. The molecule has 0 aliphatic carbocycles. The van der Waals surface area contributed by atoms with E-state index in [-0.39, 0.29) is 24.2 Å². The SMILES string of the molecule is CC(C)(C)C(=O)NCCc1ccc(S(=O)(=O)N2CCC(CN)C2)s1.Cl. The van der Waals surface area contributed by atoms with E-state index in [1.807, 2.05) is 26.8 Å². The van der Waals surface area contributed by atoms with Crippen LogP contribution in [0.15, 0.2) is 16.3 Å². The van der Waals surface area contributed by atoms with Crippen molar-refractivity contribution < 1.29 is 13.2 Å². The first-order valence-electron chi connectivity index (χ1n) is 8.22. The molecule has 1 saturated heterocycles. The number of carbonyl (C=O) groups is 1. The van der Waals surface area contributed by atoms with Crippen molar-refractivity contribution >= 4 is 39.7 Å². The first kappa shape index (κ1) is 22.4. The number of hydrogen-bond acceptors (Lipinski definition) is 5. The fraction of sp³-hybridized carbons (Fsp3) is 0.688. The third kappa shape index (κ3) is 5.65. The third-order valence-corrected chi connectivity index (χ3v) is 7.63. The van der Waals surface area contributed by atoms with E-state index in [4.69, 9.17) is 5.73 Å². The molecule has 1 fully saturated rings.